The van der Waals surface area contributed by atoms with Gasteiger partial charge in [-0.15, -0.1) is 0 Å². The Kier molecular flexibility index (Phi) is 4.81. The number of carboxylic acids is 1. The van der Waals surface area contributed by atoms with Gasteiger partial charge in [0.2, 0.25) is 5.91 Å². The third-order valence-corrected chi connectivity index (χ3v) is 6.43. The van der Waals surface area contributed by atoms with Crippen LogP contribution >= 0.6 is 11.6 Å². The monoisotopic (exact) mass is 368 g/mol. The number of likely N-dealkylation sites (tertiary alicyclic amines) is 2. The van der Waals surface area contributed by atoms with Crippen LogP contribution in [0.3, 0.4) is 0 Å². The highest BCUT2D eigenvalue weighted by molar-refractivity contribution is 6.30. The molecule has 1 amide bonds. The Bertz CT molecular complexity index is 694. The molecule has 0 aromatic carbocycles. The van der Waals surface area contributed by atoms with Crippen molar-refractivity contribution in [3.63, 3.8) is 0 Å². The summed E-state index contributed by atoms with van der Waals surface area (Å²) in [5.74, 6) is -1.54. The molecule has 138 valence electrons. The molecule has 0 unspecified atom stereocenters. The molecule has 1 spiro atoms. The normalized spacial score (nSPS) is 23.6. The van der Waals surface area contributed by atoms with Crippen molar-refractivity contribution < 1.29 is 14.7 Å². The zero-order valence-electron chi connectivity index (χ0n) is 15.0. The maximum Gasteiger partial charge on any atom is 0.309 e. The number of aryl methyl sites for hydroxylation is 2. The number of rotatable bonds is 4. The van der Waals surface area contributed by atoms with Gasteiger partial charge in [0, 0.05) is 45.7 Å². The average Bonchev–Trinajstić information content (AvgIpc) is 3.00. The lowest BCUT2D eigenvalue weighted by Crippen LogP contribution is -2.55. The van der Waals surface area contributed by atoms with E-state index in [1.165, 1.54) is 0 Å². The zero-order chi connectivity index (χ0) is 18.4. The zero-order valence-corrected chi connectivity index (χ0v) is 15.7. The molecule has 0 radical (unpaired) electrons. The van der Waals surface area contributed by atoms with E-state index in [0.717, 1.165) is 30.8 Å². The molecule has 25 heavy (non-hydrogen) atoms. The lowest BCUT2D eigenvalue weighted by molar-refractivity contribution is -0.146. The first-order chi connectivity index (χ1) is 11.8. The lowest BCUT2D eigenvalue weighted by Gasteiger charge is -2.45. The molecule has 1 N–H and O–H groups in total. The van der Waals surface area contributed by atoms with Gasteiger partial charge in [0.05, 0.1) is 17.2 Å². The lowest BCUT2D eigenvalue weighted by atomic mass is 9.77. The van der Waals surface area contributed by atoms with Crippen molar-refractivity contribution in [1.82, 2.24) is 19.6 Å². The van der Waals surface area contributed by atoms with Gasteiger partial charge in [0.25, 0.3) is 0 Å². The van der Waals surface area contributed by atoms with Crippen LogP contribution in [0.2, 0.25) is 5.15 Å². The van der Waals surface area contributed by atoms with E-state index in [1.54, 1.807) is 16.6 Å². The van der Waals surface area contributed by atoms with E-state index in [9.17, 15) is 14.7 Å². The Morgan fingerprint density at radius 3 is 2.56 bits per heavy atom. The summed E-state index contributed by atoms with van der Waals surface area (Å²) in [6.07, 6.45) is 2.28. The third kappa shape index (κ3) is 2.93. The summed E-state index contributed by atoms with van der Waals surface area (Å²) in [5.41, 5.74) is 1.50. The van der Waals surface area contributed by atoms with Crippen LogP contribution in [0, 0.1) is 5.92 Å². The van der Waals surface area contributed by atoms with Gasteiger partial charge in [-0.05, 0) is 19.3 Å². The minimum atomic E-state index is -0.866. The molecule has 3 rings (SSSR count). The molecular weight excluding hydrogens is 344 g/mol. The Morgan fingerprint density at radius 1 is 1.36 bits per heavy atom. The molecule has 1 aromatic heterocycles. The van der Waals surface area contributed by atoms with Gasteiger partial charge in [-0.3, -0.25) is 19.2 Å². The number of aliphatic carboxylic acids is 1. The summed E-state index contributed by atoms with van der Waals surface area (Å²) < 4.78 is 1.70. The van der Waals surface area contributed by atoms with E-state index in [-0.39, 0.29) is 12.3 Å². The largest absolute Gasteiger partial charge is 0.481 e. The fourth-order valence-electron chi connectivity index (χ4n) is 4.35. The van der Waals surface area contributed by atoms with Crippen molar-refractivity contribution in [3.8, 4) is 0 Å². The Labute approximate surface area is 152 Å². The first-order valence-electron chi connectivity index (χ1n) is 8.72. The highest BCUT2D eigenvalue weighted by Crippen LogP contribution is 2.43. The second-order valence-electron chi connectivity index (χ2n) is 7.12. The molecule has 0 bridgehead atoms. The van der Waals surface area contributed by atoms with Crippen LogP contribution < -0.4 is 0 Å². The van der Waals surface area contributed by atoms with Gasteiger partial charge < -0.3 is 10.0 Å². The summed E-state index contributed by atoms with van der Waals surface area (Å²) in [7, 11) is 3.58. The molecular formula is C17H25ClN4O3. The van der Waals surface area contributed by atoms with Gasteiger partial charge in [-0.25, -0.2) is 0 Å². The molecule has 1 aromatic rings. The second-order valence-corrected chi connectivity index (χ2v) is 7.48. The number of piperidine rings is 1. The third-order valence-electron chi connectivity index (χ3n) is 5.96. The Morgan fingerprint density at radius 2 is 2.00 bits per heavy atom. The molecule has 2 saturated heterocycles. The summed E-state index contributed by atoms with van der Waals surface area (Å²) in [5, 5.41) is 14.7. The van der Waals surface area contributed by atoms with Gasteiger partial charge in [0.15, 0.2) is 0 Å². The van der Waals surface area contributed by atoms with Crippen molar-refractivity contribution in [2.45, 2.75) is 44.7 Å². The number of aromatic nitrogens is 2. The summed E-state index contributed by atoms with van der Waals surface area (Å²) in [6.45, 7) is 4.26. The maximum absolute atomic E-state index is 12.1. The van der Waals surface area contributed by atoms with Crippen molar-refractivity contribution in [2.24, 2.45) is 13.0 Å². The Hall–Kier alpha value is -1.60. The number of carboxylic acid groups (broad SMARTS) is 1. The quantitative estimate of drug-likeness (QED) is 0.872. The average molecular weight is 369 g/mol. The smallest absolute Gasteiger partial charge is 0.309 e. The van der Waals surface area contributed by atoms with E-state index >= 15 is 0 Å². The van der Waals surface area contributed by atoms with Crippen molar-refractivity contribution >= 4 is 23.5 Å². The van der Waals surface area contributed by atoms with E-state index in [1.807, 2.05) is 7.05 Å². The van der Waals surface area contributed by atoms with E-state index in [0.29, 0.717) is 24.5 Å². The van der Waals surface area contributed by atoms with Crippen LogP contribution in [0.4, 0.5) is 0 Å². The maximum atomic E-state index is 12.1. The molecule has 3 heterocycles. The van der Waals surface area contributed by atoms with Gasteiger partial charge >= 0.3 is 5.97 Å². The van der Waals surface area contributed by atoms with E-state index < -0.39 is 17.4 Å². The van der Waals surface area contributed by atoms with Crippen LogP contribution in [-0.4, -0.2) is 62.2 Å². The predicted molar refractivity (Wildman–Crippen MR) is 93.4 cm³/mol. The number of hydrogen-bond acceptors (Lipinski definition) is 4. The Balaban J connectivity index is 1.74. The van der Waals surface area contributed by atoms with Crippen LogP contribution in [0.15, 0.2) is 0 Å². The van der Waals surface area contributed by atoms with Crippen molar-refractivity contribution in [2.75, 3.05) is 20.1 Å². The fraction of sp³-hybridized carbons (Fsp3) is 0.706. The standard InChI is InChI=1S/C17H25ClN4O3/c1-4-13-11(15(18)21(3)19-13)10-22-7-5-17(6-8-22)12(16(24)25)9-14(23)20(17)2/h12H,4-10H2,1-3H3,(H,24,25)/t12-/m1/s1. The van der Waals surface area contributed by atoms with E-state index in [4.69, 9.17) is 11.6 Å². The minimum absolute atomic E-state index is 0.0653. The molecule has 2 fully saturated rings. The number of nitrogens with zero attached hydrogens (tertiary/aromatic N) is 4. The first-order valence-corrected chi connectivity index (χ1v) is 9.10. The number of carbonyl (C=O) groups is 2. The first kappa shape index (κ1) is 18.2. The molecule has 1 atom stereocenters. The van der Waals surface area contributed by atoms with Crippen LogP contribution in [0.1, 0.15) is 37.4 Å². The highest BCUT2D eigenvalue weighted by atomic mass is 35.5. The van der Waals surface area contributed by atoms with E-state index in [2.05, 4.69) is 16.9 Å². The van der Waals surface area contributed by atoms with Crippen LogP contribution in [0.25, 0.3) is 0 Å². The highest BCUT2D eigenvalue weighted by Gasteiger charge is 2.55. The van der Waals surface area contributed by atoms with Gasteiger partial charge in [-0.2, -0.15) is 5.10 Å². The number of amides is 1. The predicted octanol–water partition coefficient (Wildman–Crippen LogP) is 1.53. The summed E-state index contributed by atoms with van der Waals surface area (Å²) in [4.78, 5) is 27.7. The van der Waals surface area contributed by atoms with Crippen LogP contribution in [0.5, 0.6) is 0 Å². The molecule has 0 aliphatic carbocycles. The molecule has 2 aliphatic heterocycles. The molecule has 2 aliphatic rings. The molecule has 0 saturated carbocycles. The second kappa shape index (κ2) is 6.61. The molecule has 7 nitrogen and oxygen atoms in total. The summed E-state index contributed by atoms with van der Waals surface area (Å²) >= 11 is 6.38. The SMILES string of the molecule is CCc1nn(C)c(Cl)c1CN1CCC2(CC1)[C@@H](C(=O)O)CC(=O)N2C. The fourth-order valence-corrected chi connectivity index (χ4v) is 4.55. The molecule has 8 heteroatoms. The van der Waals surface area contributed by atoms with Crippen molar-refractivity contribution in [1.29, 1.82) is 0 Å². The summed E-state index contributed by atoms with van der Waals surface area (Å²) in [6, 6.07) is 0. The van der Waals surface area contributed by atoms with Gasteiger partial charge in [-0.1, -0.05) is 18.5 Å². The number of halogens is 1. The number of carbonyl (C=O) groups excluding carboxylic acids is 1. The van der Waals surface area contributed by atoms with Crippen molar-refractivity contribution in [3.05, 3.63) is 16.4 Å². The number of hydrogen-bond donors (Lipinski definition) is 1. The minimum Gasteiger partial charge on any atom is -0.481 e. The van der Waals surface area contributed by atoms with Crippen LogP contribution in [-0.2, 0) is 29.6 Å². The topological polar surface area (TPSA) is 78.7 Å². The van der Waals surface area contributed by atoms with Gasteiger partial charge in [0.1, 0.15) is 5.15 Å².